The van der Waals surface area contributed by atoms with Gasteiger partial charge in [-0.15, -0.1) is 0 Å². The lowest BCUT2D eigenvalue weighted by molar-refractivity contribution is 0.576. The zero-order chi connectivity index (χ0) is 33.6. The summed E-state index contributed by atoms with van der Waals surface area (Å²) in [6.07, 6.45) is 5.86. The van der Waals surface area contributed by atoms with Crippen LogP contribution in [-0.4, -0.2) is 0 Å². The number of para-hydroxylation sites is 1. The van der Waals surface area contributed by atoms with E-state index in [2.05, 4.69) is 164 Å². The fourth-order valence-corrected chi connectivity index (χ4v) is 7.77. The molecule has 1 heteroatoms. The van der Waals surface area contributed by atoms with Gasteiger partial charge in [-0.1, -0.05) is 164 Å². The van der Waals surface area contributed by atoms with Crippen molar-refractivity contribution in [3.05, 3.63) is 181 Å². The predicted molar refractivity (Wildman–Crippen MR) is 215 cm³/mol. The van der Waals surface area contributed by atoms with E-state index in [1.54, 1.807) is 0 Å². The smallest absolute Gasteiger partial charge is 0.143 e. The Kier molecular flexibility index (Phi) is 7.25. The van der Waals surface area contributed by atoms with E-state index in [0.29, 0.717) is 0 Å². The molecule has 1 aromatic heterocycles. The van der Waals surface area contributed by atoms with Gasteiger partial charge in [0.1, 0.15) is 11.0 Å². The van der Waals surface area contributed by atoms with Crippen LogP contribution in [0.2, 0.25) is 0 Å². The fourth-order valence-electron chi connectivity index (χ4n) is 7.77. The van der Waals surface area contributed by atoms with E-state index in [1.807, 2.05) is 25.2 Å². The van der Waals surface area contributed by atoms with E-state index in [0.717, 1.165) is 32.7 Å². The lowest BCUT2D eigenvalue weighted by Crippen LogP contribution is -2.18. The first-order valence-corrected chi connectivity index (χ1v) is 17.2. The zero-order valence-corrected chi connectivity index (χ0v) is 27.9. The Morgan fingerprint density at radius 1 is 0.460 bits per heavy atom. The molecule has 9 aromatic rings. The first-order chi connectivity index (χ1) is 24.7. The van der Waals surface area contributed by atoms with E-state index in [9.17, 15) is 0 Å². The van der Waals surface area contributed by atoms with Gasteiger partial charge in [-0.05, 0) is 96.4 Å². The van der Waals surface area contributed by atoms with Crippen LogP contribution < -0.4 is 10.6 Å². The van der Waals surface area contributed by atoms with E-state index in [1.165, 1.54) is 65.7 Å². The summed E-state index contributed by atoms with van der Waals surface area (Å²) in [7, 11) is 0. The zero-order valence-electron chi connectivity index (χ0n) is 27.9. The van der Waals surface area contributed by atoms with Gasteiger partial charge in [0.2, 0.25) is 0 Å². The molecule has 0 unspecified atom stereocenters. The van der Waals surface area contributed by atoms with E-state index >= 15 is 0 Å². The summed E-state index contributed by atoms with van der Waals surface area (Å²) in [5, 5.41) is 9.67. The summed E-state index contributed by atoms with van der Waals surface area (Å²) in [4.78, 5) is 0. The first-order valence-electron chi connectivity index (χ1n) is 17.2. The lowest BCUT2D eigenvalue weighted by Gasteiger charge is -2.19. The second-order valence-corrected chi connectivity index (χ2v) is 12.8. The van der Waals surface area contributed by atoms with Crippen LogP contribution in [0.5, 0.6) is 0 Å². The predicted octanol–water partition coefficient (Wildman–Crippen LogP) is 12.3. The quantitative estimate of drug-likeness (QED) is 0.171. The second-order valence-electron chi connectivity index (χ2n) is 12.8. The molecule has 236 valence electrons. The molecule has 0 N–H and O–H groups in total. The highest BCUT2D eigenvalue weighted by Crippen LogP contribution is 2.45. The molecule has 0 saturated carbocycles. The van der Waals surface area contributed by atoms with Crippen molar-refractivity contribution in [1.29, 1.82) is 0 Å². The Bertz CT molecular complexity index is 2830. The van der Waals surface area contributed by atoms with Crippen LogP contribution in [0.3, 0.4) is 0 Å². The van der Waals surface area contributed by atoms with Crippen molar-refractivity contribution in [2.45, 2.75) is 6.92 Å². The summed E-state index contributed by atoms with van der Waals surface area (Å²) in [6.45, 7) is 5.93. The van der Waals surface area contributed by atoms with Crippen LogP contribution in [0.15, 0.2) is 175 Å². The van der Waals surface area contributed by atoms with Gasteiger partial charge in [-0.2, -0.15) is 0 Å². The molecule has 1 nitrogen and oxygen atoms in total. The van der Waals surface area contributed by atoms with Crippen LogP contribution in [0.1, 0.15) is 6.92 Å². The molecular weight excluding hydrogens is 605 g/mol. The molecule has 0 spiro atoms. The highest BCUT2D eigenvalue weighted by atomic mass is 16.3. The molecule has 0 bridgehead atoms. The van der Waals surface area contributed by atoms with Crippen molar-refractivity contribution in [2.75, 3.05) is 0 Å². The Balaban J connectivity index is 1.21. The van der Waals surface area contributed by atoms with Crippen molar-refractivity contribution < 1.29 is 4.42 Å². The van der Waals surface area contributed by atoms with Gasteiger partial charge in [0.15, 0.2) is 0 Å². The monoisotopic (exact) mass is 638 g/mol. The molecule has 0 atom stereocenters. The molecule has 0 radical (unpaired) electrons. The van der Waals surface area contributed by atoms with Gasteiger partial charge in [-0.25, -0.2) is 0 Å². The largest absolute Gasteiger partial charge is 0.456 e. The average molecular weight is 639 g/mol. The molecule has 50 heavy (non-hydrogen) atoms. The molecule has 0 fully saturated rings. The summed E-state index contributed by atoms with van der Waals surface area (Å²) in [6, 6.07) is 57.3. The molecule has 0 aliphatic rings. The number of hydrogen-bond acceptors (Lipinski definition) is 1. The van der Waals surface area contributed by atoms with Crippen LogP contribution in [0.25, 0.3) is 99.9 Å². The van der Waals surface area contributed by atoms with E-state index in [-0.39, 0.29) is 0 Å². The molecule has 0 aliphatic carbocycles. The molecule has 9 rings (SSSR count). The standard InChI is InChI=1S/C49H34O/c1-3-15-39-45-27-14-25-38(49(45)50-46(39)4-2)36-19-12-18-33(30-36)34-28-29-37-35(31-34)20-13-26-40(37)48-43-23-10-8-21-41(43)47(32-16-6-5-7-17-32)42-22-9-11-24-44(42)48/h3-31H,1H2,2H3/b39-15-,46-4+. The lowest BCUT2D eigenvalue weighted by atomic mass is 9.84. The van der Waals surface area contributed by atoms with Gasteiger partial charge in [0.25, 0.3) is 0 Å². The van der Waals surface area contributed by atoms with Gasteiger partial charge < -0.3 is 4.42 Å². The summed E-state index contributed by atoms with van der Waals surface area (Å²) >= 11 is 0. The minimum Gasteiger partial charge on any atom is -0.456 e. The van der Waals surface area contributed by atoms with Gasteiger partial charge >= 0.3 is 0 Å². The van der Waals surface area contributed by atoms with Crippen molar-refractivity contribution in [1.82, 2.24) is 0 Å². The van der Waals surface area contributed by atoms with Crippen LogP contribution in [0, 0.1) is 0 Å². The highest BCUT2D eigenvalue weighted by molar-refractivity contribution is 6.23. The van der Waals surface area contributed by atoms with E-state index < -0.39 is 0 Å². The molecule has 0 aliphatic heterocycles. The molecule has 1 heterocycles. The maximum atomic E-state index is 6.40. The summed E-state index contributed by atoms with van der Waals surface area (Å²) in [5.41, 5.74) is 11.4. The Morgan fingerprint density at radius 3 is 1.76 bits per heavy atom. The molecule has 0 saturated heterocycles. The maximum Gasteiger partial charge on any atom is 0.143 e. The van der Waals surface area contributed by atoms with Crippen LogP contribution in [-0.2, 0) is 0 Å². The summed E-state index contributed by atoms with van der Waals surface area (Å²) < 4.78 is 6.40. The van der Waals surface area contributed by atoms with Crippen LogP contribution >= 0.6 is 0 Å². The third-order valence-electron chi connectivity index (χ3n) is 9.98. The number of hydrogen-bond donors (Lipinski definition) is 0. The average Bonchev–Trinajstić information content (AvgIpc) is 3.54. The number of benzene rings is 8. The maximum absolute atomic E-state index is 6.40. The Morgan fingerprint density at radius 2 is 1.04 bits per heavy atom. The molecular formula is C49H34O. The highest BCUT2D eigenvalue weighted by Gasteiger charge is 2.18. The minimum absolute atomic E-state index is 0.865. The molecule has 0 amide bonds. The SMILES string of the molecule is C=C/C=c1\c(=C/C)oc2c(-c3cccc(-c4ccc5c(-c6c7ccccc7c(-c7ccccc7)c7ccccc67)cccc5c4)c3)cccc12. The Labute approximate surface area is 291 Å². The number of fused-ring (bicyclic) bond motifs is 4. The summed E-state index contributed by atoms with van der Waals surface area (Å²) in [5.74, 6) is 0. The van der Waals surface area contributed by atoms with Crippen molar-refractivity contribution in [3.8, 4) is 44.5 Å². The van der Waals surface area contributed by atoms with Gasteiger partial charge in [0, 0.05) is 16.2 Å². The minimum atomic E-state index is 0.865. The van der Waals surface area contributed by atoms with Crippen molar-refractivity contribution in [2.24, 2.45) is 0 Å². The number of furan rings is 1. The van der Waals surface area contributed by atoms with Crippen molar-refractivity contribution in [3.63, 3.8) is 0 Å². The van der Waals surface area contributed by atoms with Gasteiger partial charge in [-0.3, -0.25) is 0 Å². The number of rotatable bonds is 5. The van der Waals surface area contributed by atoms with Crippen molar-refractivity contribution >= 4 is 55.4 Å². The van der Waals surface area contributed by atoms with Gasteiger partial charge in [0.05, 0.1) is 0 Å². The first kappa shape index (κ1) is 29.7. The number of allylic oxidation sites excluding steroid dienone is 1. The third-order valence-corrected chi connectivity index (χ3v) is 9.98. The second kappa shape index (κ2) is 12.2. The normalized spacial score (nSPS) is 12.4. The fraction of sp³-hybridized carbons (Fsp3) is 0.0204. The topological polar surface area (TPSA) is 13.1 Å². The van der Waals surface area contributed by atoms with E-state index in [4.69, 9.17) is 4.42 Å². The Hall–Kier alpha value is -6.44. The third kappa shape index (κ3) is 4.78. The van der Waals surface area contributed by atoms with Crippen LogP contribution in [0.4, 0.5) is 0 Å². The molecule has 8 aromatic carbocycles.